The fourth-order valence-electron chi connectivity index (χ4n) is 8.44. The lowest BCUT2D eigenvalue weighted by atomic mass is 10.0. The second kappa shape index (κ2) is 10.8. The van der Waals surface area contributed by atoms with Gasteiger partial charge in [-0.05, 0) is 77.9 Å². The standard InChI is InChI=1S/C48H31N3/c1-2-12-34(13-3-1)50-45-21-11-7-17-41(45)47-46(50)31-30-40-39-16-6-10-20-44(39)51(48(40)47)36-28-24-33(25-29-36)32-22-26-35(27-23-32)49-42-18-8-4-14-37(42)38-15-5-9-19-43(38)49/h1-31H. The van der Waals surface area contributed by atoms with Crippen LogP contribution in [0.4, 0.5) is 0 Å². The lowest BCUT2D eigenvalue weighted by molar-refractivity contribution is 1.17. The van der Waals surface area contributed by atoms with Crippen LogP contribution in [0.15, 0.2) is 188 Å². The van der Waals surface area contributed by atoms with E-state index in [0.717, 1.165) is 11.4 Å². The monoisotopic (exact) mass is 649 g/mol. The largest absolute Gasteiger partial charge is 0.309 e. The van der Waals surface area contributed by atoms with Gasteiger partial charge in [0.1, 0.15) is 0 Å². The minimum Gasteiger partial charge on any atom is -0.309 e. The molecule has 0 aliphatic heterocycles. The number of para-hydroxylation sites is 5. The second-order valence-electron chi connectivity index (χ2n) is 13.4. The molecule has 11 rings (SSSR count). The number of aromatic nitrogens is 3. The van der Waals surface area contributed by atoms with Crippen LogP contribution in [-0.2, 0) is 0 Å². The van der Waals surface area contributed by atoms with Gasteiger partial charge in [-0.3, -0.25) is 0 Å². The molecule has 0 spiro atoms. The van der Waals surface area contributed by atoms with E-state index < -0.39 is 0 Å². The van der Waals surface area contributed by atoms with Crippen LogP contribution in [0.25, 0.3) is 93.6 Å². The van der Waals surface area contributed by atoms with Crippen molar-refractivity contribution >= 4 is 65.4 Å². The molecular formula is C48H31N3. The van der Waals surface area contributed by atoms with Gasteiger partial charge in [0.15, 0.2) is 0 Å². The van der Waals surface area contributed by atoms with Crippen molar-refractivity contribution in [1.29, 1.82) is 0 Å². The summed E-state index contributed by atoms with van der Waals surface area (Å²) < 4.78 is 7.23. The van der Waals surface area contributed by atoms with Crippen LogP contribution in [0.3, 0.4) is 0 Å². The average molecular weight is 650 g/mol. The van der Waals surface area contributed by atoms with Gasteiger partial charge in [0, 0.05) is 49.4 Å². The maximum Gasteiger partial charge on any atom is 0.0641 e. The molecule has 0 amide bonds. The number of nitrogens with zero attached hydrogens (tertiary/aromatic N) is 3. The predicted octanol–water partition coefficient (Wildman–Crippen LogP) is 12.6. The lowest BCUT2D eigenvalue weighted by Gasteiger charge is -2.12. The van der Waals surface area contributed by atoms with Crippen molar-refractivity contribution < 1.29 is 0 Å². The molecule has 0 aliphatic carbocycles. The number of hydrogen-bond acceptors (Lipinski definition) is 0. The fourth-order valence-corrected chi connectivity index (χ4v) is 8.44. The zero-order valence-electron chi connectivity index (χ0n) is 27.7. The maximum absolute atomic E-state index is 2.46. The minimum absolute atomic E-state index is 1.15. The molecule has 0 unspecified atom stereocenters. The lowest BCUT2D eigenvalue weighted by Crippen LogP contribution is -1.95. The van der Waals surface area contributed by atoms with Gasteiger partial charge < -0.3 is 13.7 Å². The van der Waals surface area contributed by atoms with Gasteiger partial charge in [0.05, 0.1) is 33.1 Å². The van der Waals surface area contributed by atoms with Crippen LogP contribution in [0.1, 0.15) is 0 Å². The Bertz CT molecular complexity index is 3050. The molecule has 0 fully saturated rings. The average Bonchev–Trinajstić information content (AvgIpc) is 3.84. The first-order valence-corrected chi connectivity index (χ1v) is 17.5. The molecule has 8 aromatic carbocycles. The highest BCUT2D eigenvalue weighted by atomic mass is 15.0. The quantitative estimate of drug-likeness (QED) is 0.180. The van der Waals surface area contributed by atoms with Gasteiger partial charge in [-0.2, -0.15) is 0 Å². The molecule has 0 saturated heterocycles. The topological polar surface area (TPSA) is 14.8 Å². The van der Waals surface area contributed by atoms with E-state index in [9.17, 15) is 0 Å². The predicted molar refractivity (Wildman–Crippen MR) is 215 cm³/mol. The zero-order valence-corrected chi connectivity index (χ0v) is 27.7. The smallest absolute Gasteiger partial charge is 0.0641 e. The van der Waals surface area contributed by atoms with Gasteiger partial charge in [-0.25, -0.2) is 0 Å². The van der Waals surface area contributed by atoms with Crippen molar-refractivity contribution in [3.05, 3.63) is 188 Å². The third-order valence-corrected chi connectivity index (χ3v) is 10.6. The van der Waals surface area contributed by atoms with Crippen LogP contribution < -0.4 is 0 Å². The molecule has 3 nitrogen and oxygen atoms in total. The Morgan fingerprint density at radius 3 is 1.20 bits per heavy atom. The highest BCUT2D eigenvalue weighted by Crippen LogP contribution is 2.42. The van der Waals surface area contributed by atoms with E-state index in [-0.39, 0.29) is 0 Å². The van der Waals surface area contributed by atoms with Gasteiger partial charge in [0.2, 0.25) is 0 Å². The molecule has 0 atom stereocenters. The van der Waals surface area contributed by atoms with E-state index in [1.54, 1.807) is 0 Å². The Morgan fingerprint density at radius 1 is 0.235 bits per heavy atom. The Hall–Kier alpha value is -6.84. The van der Waals surface area contributed by atoms with Crippen molar-refractivity contribution in [2.75, 3.05) is 0 Å². The second-order valence-corrected chi connectivity index (χ2v) is 13.4. The summed E-state index contributed by atoms with van der Waals surface area (Å²) in [7, 11) is 0. The molecular weight excluding hydrogens is 619 g/mol. The van der Waals surface area contributed by atoms with Crippen LogP contribution in [-0.4, -0.2) is 13.7 Å². The van der Waals surface area contributed by atoms with Crippen LogP contribution in [0.5, 0.6) is 0 Å². The molecule has 11 aromatic rings. The highest BCUT2D eigenvalue weighted by molar-refractivity contribution is 6.26. The van der Waals surface area contributed by atoms with Crippen LogP contribution in [0.2, 0.25) is 0 Å². The van der Waals surface area contributed by atoms with Gasteiger partial charge in [0.25, 0.3) is 0 Å². The minimum atomic E-state index is 1.15. The Morgan fingerprint density at radius 2 is 0.627 bits per heavy atom. The van der Waals surface area contributed by atoms with Crippen molar-refractivity contribution in [2.45, 2.75) is 0 Å². The van der Waals surface area contributed by atoms with E-state index >= 15 is 0 Å². The van der Waals surface area contributed by atoms with Gasteiger partial charge in [-0.1, -0.05) is 121 Å². The number of rotatable bonds is 4. The van der Waals surface area contributed by atoms with Crippen LogP contribution in [0, 0.1) is 0 Å². The van der Waals surface area contributed by atoms with Gasteiger partial charge >= 0.3 is 0 Å². The van der Waals surface area contributed by atoms with E-state index in [2.05, 4.69) is 202 Å². The van der Waals surface area contributed by atoms with Crippen molar-refractivity contribution in [3.63, 3.8) is 0 Å². The van der Waals surface area contributed by atoms with Gasteiger partial charge in [-0.15, -0.1) is 0 Å². The molecule has 0 saturated carbocycles. The SMILES string of the molecule is c1ccc(-n2c3ccccc3c3c2ccc2c4ccccc4n(-c4ccc(-c5ccc(-n6c7ccccc7c7ccccc76)cc5)cc4)c23)cc1. The molecule has 0 bridgehead atoms. The van der Waals surface area contributed by atoms with Crippen molar-refractivity contribution in [1.82, 2.24) is 13.7 Å². The number of hydrogen-bond donors (Lipinski definition) is 0. The summed E-state index contributed by atoms with van der Waals surface area (Å²) in [5.74, 6) is 0. The Labute approximate surface area is 294 Å². The van der Waals surface area contributed by atoms with E-state index in [4.69, 9.17) is 0 Å². The van der Waals surface area contributed by atoms with Crippen LogP contribution >= 0.6 is 0 Å². The first-order chi connectivity index (χ1) is 25.3. The summed E-state index contributed by atoms with van der Waals surface area (Å²) in [5, 5.41) is 7.60. The number of fused-ring (bicyclic) bond motifs is 10. The summed E-state index contributed by atoms with van der Waals surface area (Å²) in [6.07, 6.45) is 0. The molecule has 51 heavy (non-hydrogen) atoms. The molecule has 238 valence electrons. The molecule has 3 heterocycles. The third kappa shape index (κ3) is 4.06. The first-order valence-electron chi connectivity index (χ1n) is 17.5. The maximum atomic E-state index is 2.46. The normalized spacial score (nSPS) is 11.9. The Balaban J connectivity index is 1.07. The summed E-state index contributed by atoms with van der Waals surface area (Å²) in [4.78, 5) is 0. The first kappa shape index (κ1) is 28.0. The summed E-state index contributed by atoms with van der Waals surface area (Å²) >= 11 is 0. The molecule has 0 radical (unpaired) electrons. The summed E-state index contributed by atoms with van der Waals surface area (Å²) in [5.41, 5.74) is 13.2. The number of benzene rings is 8. The van der Waals surface area contributed by atoms with Crippen molar-refractivity contribution in [2.24, 2.45) is 0 Å². The van der Waals surface area contributed by atoms with E-state index in [1.807, 2.05) is 0 Å². The molecule has 0 N–H and O–H groups in total. The molecule has 0 aliphatic rings. The zero-order chi connectivity index (χ0) is 33.5. The molecule has 3 aromatic heterocycles. The van der Waals surface area contributed by atoms with E-state index in [1.165, 1.54) is 82.2 Å². The Kier molecular flexibility index (Phi) is 5.96. The van der Waals surface area contributed by atoms with Crippen molar-refractivity contribution in [3.8, 4) is 28.2 Å². The summed E-state index contributed by atoms with van der Waals surface area (Å²) in [6, 6.07) is 68.3. The summed E-state index contributed by atoms with van der Waals surface area (Å²) in [6.45, 7) is 0. The molecule has 3 heteroatoms. The van der Waals surface area contributed by atoms with E-state index in [0.29, 0.717) is 0 Å². The third-order valence-electron chi connectivity index (χ3n) is 10.6. The fraction of sp³-hybridized carbons (Fsp3) is 0. The highest BCUT2D eigenvalue weighted by Gasteiger charge is 2.20.